The molecule has 0 spiro atoms. The van der Waals surface area contributed by atoms with Crippen molar-refractivity contribution >= 4 is 33.1 Å². The summed E-state index contributed by atoms with van der Waals surface area (Å²) in [5.41, 5.74) is 2.62. The molecule has 5 rings (SSSR count). The van der Waals surface area contributed by atoms with Crippen molar-refractivity contribution in [1.29, 1.82) is 0 Å². The van der Waals surface area contributed by atoms with Crippen molar-refractivity contribution in [2.45, 2.75) is 20.4 Å². The van der Waals surface area contributed by atoms with Gasteiger partial charge in [-0.15, -0.1) is 11.3 Å². The molecule has 0 aliphatic carbocycles. The lowest BCUT2D eigenvalue weighted by atomic mass is 10.2. The largest absolute Gasteiger partial charge is 0.495 e. The molecule has 0 aliphatic heterocycles. The Morgan fingerprint density at radius 2 is 2.00 bits per heavy atom. The topological polar surface area (TPSA) is 125 Å². The van der Waals surface area contributed by atoms with Crippen molar-refractivity contribution < 1.29 is 14.1 Å². The molecule has 0 saturated carbocycles. The molecule has 4 aromatic heterocycles. The number of ether oxygens (including phenoxy) is 1. The molecule has 0 radical (unpaired) electrons. The Hall–Kier alpha value is -4.38. The van der Waals surface area contributed by atoms with Gasteiger partial charge < -0.3 is 14.6 Å². The molecule has 35 heavy (non-hydrogen) atoms. The second-order valence-corrected chi connectivity index (χ2v) is 8.82. The van der Waals surface area contributed by atoms with E-state index in [0.29, 0.717) is 43.8 Å². The minimum absolute atomic E-state index is 0.198. The van der Waals surface area contributed by atoms with E-state index in [1.807, 2.05) is 13.0 Å². The normalized spacial score (nSPS) is 11.1. The van der Waals surface area contributed by atoms with E-state index in [-0.39, 0.29) is 18.0 Å². The van der Waals surface area contributed by atoms with E-state index in [0.717, 1.165) is 11.1 Å². The summed E-state index contributed by atoms with van der Waals surface area (Å²) in [4.78, 5) is 40.0. The van der Waals surface area contributed by atoms with Crippen molar-refractivity contribution in [1.82, 2.24) is 24.7 Å². The quantitative estimate of drug-likeness (QED) is 0.382. The number of amides is 1. The van der Waals surface area contributed by atoms with Gasteiger partial charge in [0.05, 0.1) is 29.4 Å². The predicted octanol–water partition coefficient (Wildman–Crippen LogP) is 3.83. The van der Waals surface area contributed by atoms with Crippen LogP contribution in [0.3, 0.4) is 0 Å². The number of hydrogen-bond donors (Lipinski definition) is 1. The van der Waals surface area contributed by atoms with Gasteiger partial charge in [-0.1, -0.05) is 11.2 Å². The van der Waals surface area contributed by atoms with E-state index in [9.17, 15) is 9.59 Å². The fourth-order valence-corrected chi connectivity index (χ4v) is 4.73. The number of aromatic nitrogens is 5. The van der Waals surface area contributed by atoms with Gasteiger partial charge >= 0.3 is 0 Å². The third-order valence-electron chi connectivity index (χ3n) is 5.42. The van der Waals surface area contributed by atoms with Gasteiger partial charge in [0.15, 0.2) is 0 Å². The highest BCUT2D eigenvalue weighted by Gasteiger charge is 2.21. The first kappa shape index (κ1) is 22.4. The number of pyridine rings is 1. The molecule has 0 fully saturated rings. The van der Waals surface area contributed by atoms with Crippen LogP contribution in [0, 0.1) is 13.8 Å². The molecule has 10 nitrogen and oxygen atoms in total. The molecular weight excluding hydrogens is 468 g/mol. The van der Waals surface area contributed by atoms with Crippen LogP contribution in [0.25, 0.3) is 32.4 Å². The summed E-state index contributed by atoms with van der Waals surface area (Å²) in [7, 11) is 1.53. The molecule has 0 saturated heterocycles. The summed E-state index contributed by atoms with van der Waals surface area (Å²) in [6, 6.07) is 9.03. The highest BCUT2D eigenvalue weighted by Crippen LogP contribution is 2.35. The highest BCUT2D eigenvalue weighted by atomic mass is 32.1. The van der Waals surface area contributed by atoms with Crippen molar-refractivity contribution in [2.24, 2.45) is 0 Å². The van der Waals surface area contributed by atoms with Gasteiger partial charge in [0.25, 0.3) is 11.4 Å². The zero-order chi connectivity index (χ0) is 24.5. The van der Waals surface area contributed by atoms with Gasteiger partial charge in [0.2, 0.25) is 11.7 Å². The maximum atomic E-state index is 13.2. The van der Waals surface area contributed by atoms with Crippen molar-refractivity contribution in [3.8, 4) is 27.9 Å². The summed E-state index contributed by atoms with van der Waals surface area (Å²) < 4.78 is 12.0. The van der Waals surface area contributed by atoms with E-state index in [1.165, 1.54) is 29.3 Å². The van der Waals surface area contributed by atoms with Gasteiger partial charge in [0, 0.05) is 18.0 Å². The minimum Gasteiger partial charge on any atom is -0.495 e. The predicted molar refractivity (Wildman–Crippen MR) is 132 cm³/mol. The summed E-state index contributed by atoms with van der Waals surface area (Å²) >= 11 is 1.29. The van der Waals surface area contributed by atoms with Crippen LogP contribution in [-0.2, 0) is 11.3 Å². The van der Waals surface area contributed by atoms with E-state index >= 15 is 0 Å². The number of nitrogens with zero attached hydrogens (tertiary/aromatic N) is 5. The number of benzene rings is 1. The van der Waals surface area contributed by atoms with Crippen LogP contribution in [0.5, 0.6) is 5.75 Å². The Morgan fingerprint density at radius 1 is 1.20 bits per heavy atom. The van der Waals surface area contributed by atoms with E-state index < -0.39 is 0 Å². The molecule has 0 atom stereocenters. The number of carbonyl (C=O) groups excluding carboxylic acids is 1. The number of methoxy groups -OCH3 is 1. The number of rotatable bonds is 6. The Labute approximate surface area is 203 Å². The molecule has 0 unspecified atom stereocenters. The lowest BCUT2D eigenvalue weighted by Crippen LogP contribution is -2.28. The number of carbonyl (C=O) groups is 1. The Bertz CT molecular complexity index is 1610. The maximum Gasteiger partial charge on any atom is 0.268 e. The van der Waals surface area contributed by atoms with Crippen LogP contribution in [0.15, 0.2) is 58.4 Å². The monoisotopic (exact) mass is 488 g/mol. The molecule has 5 aromatic rings. The first-order chi connectivity index (χ1) is 16.9. The second-order valence-electron chi connectivity index (χ2n) is 7.82. The zero-order valence-corrected chi connectivity index (χ0v) is 19.9. The van der Waals surface area contributed by atoms with Crippen molar-refractivity contribution in [3.05, 3.63) is 70.5 Å². The SMILES string of the molecule is COc1ccc(C)cc1NC(=O)Cn1cnc2sc(-c3nc(-c4ccncc4)no3)c(C)c2c1=O. The molecular formula is C24H20N6O4S. The van der Waals surface area contributed by atoms with Gasteiger partial charge in [-0.05, 0) is 49.2 Å². The Kier molecular flexibility index (Phi) is 5.83. The zero-order valence-electron chi connectivity index (χ0n) is 19.1. The van der Waals surface area contributed by atoms with E-state index in [2.05, 4.69) is 25.4 Å². The van der Waals surface area contributed by atoms with E-state index in [1.54, 1.807) is 43.6 Å². The number of aryl methyl sites for hydroxylation is 2. The molecule has 0 aliphatic rings. The molecule has 176 valence electrons. The maximum absolute atomic E-state index is 13.2. The first-order valence-corrected chi connectivity index (χ1v) is 11.4. The number of fused-ring (bicyclic) bond motifs is 1. The summed E-state index contributed by atoms with van der Waals surface area (Å²) in [5.74, 6) is 0.887. The Morgan fingerprint density at radius 3 is 2.77 bits per heavy atom. The molecule has 1 amide bonds. The highest BCUT2D eigenvalue weighted by molar-refractivity contribution is 7.22. The van der Waals surface area contributed by atoms with Crippen LogP contribution in [-0.4, -0.2) is 37.7 Å². The summed E-state index contributed by atoms with van der Waals surface area (Å²) in [5, 5.41) is 7.26. The van der Waals surface area contributed by atoms with Crippen LogP contribution in [0.1, 0.15) is 11.1 Å². The smallest absolute Gasteiger partial charge is 0.268 e. The summed E-state index contributed by atoms with van der Waals surface area (Å²) in [6.07, 6.45) is 4.66. The van der Waals surface area contributed by atoms with Crippen LogP contribution in [0.4, 0.5) is 5.69 Å². The average Bonchev–Trinajstić information content (AvgIpc) is 3.47. The van der Waals surface area contributed by atoms with Crippen LogP contribution < -0.4 is 15.6 Å². The van der Waals surface area contributed by atoms with Crippen molar-refractivity contribution in [3.63, 3.8) is 0 Å². The first-order valence-electron chi connectivity index (χ1n) is 10.6. The number of anilines is 1. The van der Waals surface area contributed by atoms with Gasteiger partial charge in [0.1, 0.15) is 17.1 Å². The lowest BCUT2D eigenvalue weighted by Gasteiger charge is -2.11. The molecule has 1 aromatic carbocycles. The molecule has 11 heteroatoms. The molecule has 4 heterocycles. The number of thiophene rings is 1. The fraction of sp³-hybridized carbons (Fsp3) is 0.167. The number of hydrogen-bond acceptors (Lipinski definition) is 9. The average molecular weight is 489 g/mol. The minimum atomic E-state index is -0.371. The Balaban J connectivity index is 1.44. The summed E-state index contributed by atoms with van der Waals surface area (Å²) in [6.45, 7) is 3.52. The second kappa shape index (κ2) is 9.11. The number of nitrogens with one attached hydrogen (secondary N) is 1. The van der Waals surface area contributed by atoms with Gasteiger partial charge in [-0.25, -0.2) is 4.98 Å². The van der Waals surface area contributed by atoms with Gasteiger partial charge in [-0.3, -0.25) is 19.1 Å². The molecule has 0 bridgehead atoms. The molecule has 1 N–H and O–H groups in total. The third kappa shape index (κ3) is 4.28. The van der Waals surface area contributed by atoms with Crippen molar-refractivity contribution in [2.75, 3.05) is 12.4 Å². The standard InChI is InChI=1S/C24H20N6O4S/c1-13-4-5-17(33-3)16(10-13)27-18(31)11-30-12-26-23-19(24(30)32)14(2)20(35-23)22-28-21(29-34-22)15-6-8-25-9-7-15/h4-10,12H,11H2,1-3H3,(H,27,31). The van der Waals surface area contributed by atoms with Crippen LogP contribution >= 0.6 is 11.3 Å². The van der Waals surface area contributed by atoms with Crippen LogP contribution in [0.2, 0.25) is 0 Å². The van der Waals surface area contributed by atoms with Gasteiger partial charge in [-0.2, -0.15) is 4.98 Å². The fourth-order valence-electron chi connectivity index (χ4n) is 3.67. The lowest BCUT2D eigenvalue weighted by molar-refractivity contribution is -0.116. The van der Waals surface area contributed by atoms with E-state index in [4.69, 9.17) is 9.26 Å². The third-order valence-corrected chi connectivity index (χ3v) is 6.61.